The number of hydrogen-bond acceptors (Lipinski definition) is 5. The summed E-state index contributed by atoms with van der Waals surface area (Å²) >= 11 is 0. The molecule has 1 fully saturated rings. The Morgan fingerprint density at radius 3 is 2.48 bits per heavy atom. The molecule has 9 heteroatoms. The number of rotatable bonds is 3. The summed E-state index contributed by atoms with van der Waals surface area (Å²) in [5, 5.41) is 9.94. The highest BCUT2D eigenvalue weighted by Gasteiger charge is 2.26. The molecule has 1 saturated heterocycles. The van der Waals surface area contributed by atoms with E-state index in [-0.39, 0.29) is 36.6 Å². The number of halogens is 1. The molecule has 1 atom stereocenters. The third-order valence-corrected chi connectivity index (χ3v) is 3.55. The van der Waals surface area contributed by atoms with Crippen LogP contribution in [-0.4, -0.2) is 65.3 Å². The van der Waals surface area contributed by atoms with Crippen LogP contribution in [0.4, 0.5) is 4.79 Å². The topological polar surface area (TPSA) is 105 Å². The van der Waals surface area contributed by atoms with Crippen LogP contribution in [0.3, 0.4) is 0 Å². The Hall–Kier alpha value is -1.49. The number of aliphatic hydroxyl groups is 1. The summed E-state index contributed by atoms with van der Waals surface area (Å²) in [4.78, 5) is 19.8. The Balaban J connectivity index is 0.00000312. The van der Waals surface area contributed by atoms with Crippen molar-refractivity contribution in [1.82, 2.24) is 9.80 Å². The predicted octanol–water partition coefficient (Wildman–Crippen LogP) is 1.80. The van der Waals surface area contributed by atoms with E-state index in [9.17, 15) is 9.90 Å². The second-order valence-corrected chi connectivity index (χ2v) is 6.68. The third-order valence-electron chi connectivity index (χ3n) is 3.55. The van der Waals surface area contributed by atoms with Crippen LogP contribution in [-0.2, 0) is 4.74 Å². The van der Waals surface area contributed by atoms with Crippen molar-refractivity contribution in [2.45, 2.75) is 32.5 Å². The lowest BCUT2D eigenvalue weighted by molar-refractivity contribution is 0.0186. The number of hydrogen-bond donors (Lipinski definition) is 2. The van der Waals surface area contributed by atoms with Gasteiger partial charge in [0.25, 0.3) is 0 Å². The minimum atomic E-state index is -0.818. The molecule has 25 heavy (non-hydrogen) atoms. The van der Waals surface area contributed by atoms with Crippen molar-refractivity contribution in [2.24, 2.45) is 10.7 Å². The van der Waals surface area contributed by atoms with Gasteiger partial charge in [-0.3, -0.25) is 4.99 Å². The molecule has 0 bridgehead atoms. The summed E-state index contributed by atoms with van der Waals surface area (Å²) in [7, 11) is 0. The number of nitrogens with zero attached hydrogens (tertiary/aromatic N) is 3. The van der Waals surface area contributed by atoms with Gasteiger partial charge in [-0.2, -0.15) is 0 Å². The molecule has 142 valence electrons. The Morgan fingerprint density at radius 1 is 1.36 bits per heavy atom. The number of carbonyl (C=O) groups excluding carboxylic acids is 1. The maximum atomic E-state index is 12.0. The van der Waals surface area contributed by atoms with Crippen LogP contribution < -0.4 is 5.73 Å². The standard InChI is InChI=1S/C16H26N4O4.HI/c1-16(2,3)24-15(22)20-8-6-19(7-9-20)14(17)18-11-12(21)13-5-4-10-23-13;/h4-5,10,12,21H,6-9,11H2,1-3H3,(H2,17,18);1H. The van der Waals surface area contributed by atoms with E-state index in [1.54, 1.807) is 17.0 Å². The highest BCUT2D eigenvalue weighted by molar-refractivity contribution is 14.0. The highest BCUT2D eigenvalue weighted by Crippen LogP contribution is 2.14. The van der Waals surface area contributed by atoms with Gasteiger partial charge < -0.3 is 29.8 Å². The molecule has 1 aromatic heterocycles. The number of aliphatic hydroxyl groups excluding tert-OH is 1. The van der Waals surface area contributed by atoms with Crippen molar-refractivity contribution in [2.75, 3.05) is 32.7 Å². The van der Waals surface area contributed by atoms with E-state index in [1.807, 2.05) is 25.7 Å². The molecule has 0 aliphatic carbocycles. The van der Waals surface area contributed by atoms with Gasteiger partial charge in [0.15, 0.2) is 5.96 Å². The van der Waals surface area contributed by atoms with Gasteiger partial charge in [-0.25, -0.2) is 4.79 Å². The molecule has 2 heterocycles. The van der Waals surface area contributed by atoms with E-state index >= 15 is 0 Å². The number of piperazine rings is 1. The van der Waals surface area contributed by atoms with Gasteiger partial charge in [0.05, 0.1) is 12.8 Å². The lowest BCUT2D eigenvalue weighted by Crippen LogP contribution is -2.53. The lowest BCUT2D eigenvalue weighted by atomic mass is 10.2. The molecular formula is C16H27IN4O4. The number of amides is 1. The second kappa shape index (κ2) is 9.27. The fourth-order valence-electron chi connectivity index (χ4n) is 2.30. The van der Waals surface area contributed by atoms with Crippen molar-refractivity contribution in [3.05, 3.63) is 24.2 Å². The Morgan fingerprint density at radius 2 is 1.96 bits per heavy atom. The molecule has 2 rings (SSSR count). The SMILES string of the molecule is CC(C)(C)OC(=O)N1CCN(C(N)=NCC(O)c2ccco2)CC1.I. The molecule has 1 unspecified atom stereocenters. The molecule has 0 radical (unpaired) electrons. The molecule has 1 aliphatic heterocycles. The van der Waals surface area contributed by atoms with E-state index in [4.69, 9.17) is 14.9 Å². The summed E-state index contributed by atoms with van der Waals surface area (Å²) in [6.45, 7) is 7.85. The van der Waals surface area contributed by atoms with Crippen LogP contribution in [0.2, 0.25) is 0 Å². The van der Waals surface area contributed by atoms with Gasteiger partial charge in [0, 0.05) is 26.2 Å². The maximum absolute atomic E-state index is 12.0. The Labute approximate surface area is 165 Å². The van der Waals surface area contributed by atoms with Crippen molar-refractivity contribution in [3.8, 4) is 0 Å². The van der Waals surface area contributed by atoms with Gasteiger partial charge in [0.1, 0.15) is 17.5 Å². The summed E-state index contributed by atoms with van der Waals surface area (Å²) in [5.41, 5.74) is 5.47. The largest absolute Gasteiger partial charge is 0.467 e. The zero-order valence-electron chi connectivity index (χ0n) is 14.8. The summed E-state index contributed by atoms with van der Waals surface area (Å²) in [5.74, 6) is 0.811. The minimum Gasteiger partial charge on any atom is -0.467 e. The van der Waals surface area contributed by atoms with Gasteiger partial charge in [-0.1, -0.05) is 0 Å². The first-order chi connectivity index (χ1) is 11.3. The number of nitrogens with two attached hydrogens (primary N) is 1. The number of carbonyl (C=O) groups is 1. The molecule has 0 aromatic carbocycles. The van der Waals surface area contributed by atoms with E-state index < -0.39 is 11.7 Å². The molecule has 8 nitrogen and oxygen atoms in total. The van der Waals surface area contributed by atoms with Crippen molar-refractivity contribution >= 4 is 36.0 Å². The fraction of sp³-hybridized carbons (Fsp3) is 0.625. The van der Waals surface area contributed by atoms with Crippen LogP contribution in [0.15, 0.2) is 27.8 Å². The molecule has 3 N–H and O–H groups in total. The first-order valence-corrected chi connectivity index (χ1v) is 8.00. The van der Waals surface area contributed by atoms with Gasteiger partial charge in [0.2, 0.25) is 0 Å². The van der Waals surface area contributed by atoms with E-state index in [0.717, 1.165) is 0 Å². The monoisotopic (exact) mass is 466 g/mol. The van der Waals surface area contributed by atoms with Gasteiger partial charge in [-0.15, -0.1) is 24.0 Å². The molecule has 0 spiro atoms. The third kappa shape index (κ3) is 6.73. The van der Waals surface area contributed by atoms with Crippen molar-refractivity contribution in [1.29, 1.82) is 0 Å². The average molecular weight is 466 g/mol. The summed E-state index contributed by atoms with van der Waals surface area (Å²) < 4.78 is 10.5. The number of aliphatic imine (C=N–C) groups is 1. The zero-order chi connectivity index (χ0) is 17.7. The van der Waals surface area contributed by atoms with Crippen LogP contribution >= 0.6 is 24.0 Å². The molecule has 1 aromatic rings. The van der Waals surface area contributed by atoms with Gasteiger partial charge >= 0.3 is 6.09 Å². The van der Waals surface area contributed by atoms with Crippen LogP contribution in [0, 0.1) is 0 Å². The molecule has 1 amide bonds. The highest BCUT2D eigenvalue weighted by atomic mass is 127. The zero-order valence-corrected chi connectivity index (χ0v) is 17.2. The van der Waals surface area contributed by atoms with Crippen LogP contribution in [0.1, 0.15) is 32.6 Å². The fourth-order valence-corrected chi connectivity index (χ4v) is 2.30. The number of ether oxygens (including phenoxy) is 1. The van der Waals surface area contributed by atoms with Crippen LogP contribution in [0.25, 0.3) is 0 Å². The Kier molecular flexibility index (Phi) is 8.00. The smallest absolute Gasteiger partial charge is 0.410 e. The summed E-state index contributed by atoms with van der Waals surface area (Å²) in [6, 6.07) is 3.40. The normalized spacial score (nSPS) is 17.0. The summed E-state index contributed by atoms with van der Waals surface area (Å²) in [6.07, 6.45) is 0.370. The lowest BCUT2D eigenvalue weighted by Gasteiger charge is -2.36. The molecule has 1 aliphatic rings. The average Bonchev–Trinajstić information content (AvgIpc) is 3.05. The van der Waals surface area contributed by atoms with E-state index in [1.165, 1.54) is 6.26 Å². The predicted molar refractivity (Wildman–Crippen MR) is 105 cm³/mol. The number of guanidine groups is 1. The van der Waals surface area contributed by atoms with Crippen molar-refractivity contribution < 1.29 is 19.1 Å². The molecule has 0 saturated carbocycles. The Bertz CT molecular complexity index is 563. The first kappa shape index (κ1) is 21.6. The minimum absolute atomic E-state index is 0. The van der Waals surface area contributed by atoms with E-state index in [2.05, 4.69) is 4.99 Å². The molecular weight excluding hydrogens is 439 g/mol. The first-order valence-electron chi connectivity index (χ1n) is 8.00. The maximum Gasteiger partial charge on any atom is 0.410 e. The number of furan rings is 1. The second-order valence-electron chi connectivity index (χ2n) is 6.68. The van der Waals surface area contributed by atoms with Gasteiger partial charge in [-0.05, 0) is 32.9 Å². The van der Waals surface area contributed by atoms with Crippen molar-refractivity contribution in [3.63, 3.8) is 0 Å². The van der Waals surface area contributed by atoms with Crippen LogP contribution in [0.5, 0.6) is 0 Å². The van der Waals surface area contributed by atoms with E-state index in [0.29, 0.717) is 37.9 Å². The quantitative estimate of drug-likeness (QED) is 0.400.